The van der Waals surface area contributed by atoms with Crippen LogP contribution in [0.4, 0.5) is 10.1 Å². The fourth-order valence-electron chi connectivity index (χ4n) is 2.78. The maximum atomic E-state index is 13.0. The standard InChI is InChI=1S/C22H20FNO5S2/c1-2-29-22(26)21-18(14-19(30-21)15-6-4-3-5-7-15)24-20(25)12-13-31(27,28)17-10-8-16(23)9-11-17/h3-11,14H,2,12-13H2,1H3,(H,24,25). The van der Waals surface area contributed by atoms with Crippen molar-refractivity contribution >= 4 is 38.7 Å². The van der Waals surface area contributed by atoms with E-state index in [2.05, 4.69) is 5.32 Å². The molecule has 0 spiro atoms. The number of ether oxygens (including phenoxy) is 1. The van der Waals surface area contributed by atoms with Crippen LogP contribution in [-0.2, 0) is 19.4 Å². The number of amides is 1. The van der Waals surface area contributed by atoms with Crippen LogP contribution in [0.5, 0.6) is 0 Å². The number of nitrogens with one attached hydrogen (secondary N) is 1. The lowest BCUT2D eigenvalue weighted by atomic mass is 10.2. The van der Waals surface area contributed by atoms with Crippen molar-refractivity contribution in [2.75, 3.05) is 17.7 Å². The van der Waals surface area contributed by atoms with E-state index in [4.69, 9.17) is 4.74 Å². The molecule has 9 heteroatoms. The van der Waals surface area contributed by atoms with Gasteiger partial charge >= 0.3 is 5.97 Å². The van der Waals surface area contributed by atoms with Crippen molar-refractivity contribution in [3.8, 4) is 10.4 Å². The molecule has 162 valence electrons. The van der Waals surface area contributed by atoms with Gasteiger partial charge in [-0.3, -0.25) is 4.79 Å². The highest BCUT2D eigenvalue weighted by Crippen LogP contribution is 2.35. The van der Waals surface area contributed by atoms with E-state index >= 15 is 0 Å². The second kappa shape index (κ2) is 9.84. The molecule has 0 unspecified atom stereocenters. The molecule has 1 aromatic heterocycles. The molecule has 3 rings (SSSR count). The van der Waals surface area contributed by atoms with E-state index in [1.807, 2.05) is 30.3 Å². The van der Waals surface area contributed by atoms with Crippen molar-refractivity contribution in [1.29, 1.82) is 0 Å². The Labute approximate surface area is 183 Å². The number of carbonyl (C=O) groups excluding carboxylic acids is 2. The molecule has 0 saturated heterocycles. The van der Waals surface area contributed by atoms with E-state index in [0.29, 0.717) is 0 Å². The Morgan fingerprint density at radius 3 is 2.39 bits per heavy atom. The minimum atomic E-state index is -3.75. The number of anilines is 1. The van der Waals surface area contributed by atoms with Crippen molar-refractivity contribution in [2.24, 2.45) is 0 Å². The van der Waals surface area contributed by atoms with Gasteiger partial charge in [-0.2, -0.15) is 0 Å². The van der Waals surface area contributed by atoms with Gasteiger partial charge in [0.25, 0.3) is 0 Å². The number of hydrogen-bond donors (Lipinski definition) is 1. The molecular weight excluding hydrogens is 441 g/mol. The molecule has 0 fully saturated rings. The largest absolute Gasteiger partial charge is 0.462 e. The summed E-state index contributed by atoms with van der Waals surface area (Å²) in [5, 5.41) is 2.62. The van der Waals surface area contributed by atoms with Crippen molar-refractivity contribution in [3.05, 3.63) is 71.4 Å². The number of hydrogen-bond acceptors (Lipinski definition) is 6. The minimum absolute atomic E-state index is 0.0594. The van der Waals surface area contributed by atoms with Gasteiger partial charge in [-0.05, 0) is 42.8 Å². The molecule has 1 N–H and O–H groups in total. The van der Waals surface area contributed by atoms with Crippen molar-refractivity contribution in [1.82, 2.24) is 0 Å². The van der Waals surface area contributed by atoms with Gasteiger partial charge in [-0.15, -0.1) is 11.3 Å². The summed E-state index contributed by atoms with van der Waals surface area (Å²) in [7, 11) is -3.75. The van der Waals surface area contributed by atoms with Crippen LogP contribution in [0.1, 0.15) is 23.0 Å². The second-order valence-electron chi connectivity index (χ2n) is 6.51. The van der Waals surface area contributed by atoms with Gasteiger partial charge in [-0.1, -0.05) is 30.3 Å². The lowest BCUT2D eigenvalue weighted by Crippen LogP contribution is -2.18. The highest BCUT2D eigenvalue weighted by atomic mass is 32.2. The van der Waals surface area contributed by atoms with Gasteiger partial charge in [0.05, 0.1) is 22.9 Å². The molecule has 0 aliphatic carbocycles. The Morgan fingerprint density at radius 2 is 1.74 bits per heavy atom. The zero-order chi connectivity index (χ0) is 22.4. The maximum absolute atomic E-state index is 13.0. The highest BCUT2D eigenvalue weighted by molar-refractivity contribution is 7.91. The van der Waals surface area contributed by atoms with Gasteiger partial charge < -0.3 is 10.1 Å². The van der Waals surface area contributed by atoms with E-state index in [1.165, 1.54) is 11.3 Å². The smallest absolute Gasteiger partial charge is 0.350 e. The number of esters is 1. The Balaban J connectivity index is 1.76. The third-order valence-corrected chi connectivity index (χ3v) is 7.19. The Morgan fingerprint density at radius 1 is 1.06 bits per heavy atom. The summed E-state index contributed by atoms with van der Waals surface area (Å²) in [4.78, 5) is 25.7. The normalized spacial score (nSPS) is 11.2. The van der Waals surface area contributed by atoms with Gasteiger partial charge in [0, 0.05) is 11.3 Å². The van der Waals surface area contributed by atoms with Gasteiger partial charge in [0.1, 0.15) is 10.7 Å². The second-order valence-corrected chi connectivity index (χ2v) is 9.67. The van der Waals surface area contributed by atoms with Crippen molar-refractivity contribution in [3.63, 3.8) is 0 Å². The van der Waals surface area contributed by atoms with Crippen LogP contribution < -0.4 is 5.32 Å². The van der Waals surface area contributed by atoms with Crippen LogP contribution >= 0.6 is 11.3 Å². The maximum Gasteiger partial charge on any atom is 0.350 e. The fourth-order valence-corrected chi connectivity index (χ4v) is 5.03. The van der Waals surface area contributed by atoms with Gasteiger partial charge in [-0.25, -0.2) is 17.6 Å². The molecule has 6 nitrogen and oxygen atoms in total. The number of sulfone groups is 1. The van der Waals surface area contributed by atoms with Gasteiger partial charge in [0.2, 0.25) is 5.91 Å². The minimum Gasteiger partial charge on any atom is -0.462 e. The Bertz CT molecular complexity index is 1170. The van der Waals surface area contributed by atoms with E-state index in [0.717, 1.165) is 34.7 Å². The third kappa shape index (κ3) is 5.77. The summed E-state index contributed by atoms with van der Waals surface area (Å²) < 4.78 is 42.8. The Kier molecular flexibility index (Phi) is 7.19. The molecule has 2 aromatic carbocycles. The van der Waals surface area contributed by atoms with Crippen LogP contribution in [0.2, 0.25) is 0 Å². The molecule has 0 bridgehead atoms. The number of halogens is 1. The summed E-state index contributed by atoms with van der Waals surface area (Å²) in [5.74, 6) is -2.12. The molecule has 31 heavy (non-hydrogen) atoms. The van der Waals surface area contributed by atoms with E-state index in [1.54, 1.807) is 13.0 Å². The predicted molar refractivity (Wildman–Crippen MR) is 117 cm³/mol. The number of carbonyl (C=O) groups is 2. The fraction of sp³-hybridized carbons (Fsp3) is 0.182. The summed E-state index contributed by atoms with van der Waals surface area (Å²) in [5.41, 5.74) is 1.14. The first-order valence-electron chi connectivity index (χ1n) is 9.44. The SMILES string of the molecule is CCOC(=O)c1sc(-c2ccccc2)cc1NC(=O)CCS(=O)(=O)c1ccc(F)cc1. The van der Waals surface area contributed by atoms with Crippen LogP contribution in [0.3, 0.4) is 0 Å². The number of benzene rings is 2. The van der Waals surface area contributed by atoms with Crippen molar-refractivity contribution in [2.45, 2.75) is 18.2 Å². The highest BCUT2D eigenvalue weighted by Gasteiger charge is 2.21. The van der Waals surface area contributed by atoms with E-state index in [9.17, 15) is 22.4 Å². The summed E-state index contributed by atoms with van der Waals surface area (Å²) >= 11 is 1.18. The lowest BCUT2D eigenvalue weighted by Gasteiger charge is -2.07. The van der Waals surface area contributed by atoms with E-state index < -0.39 is 33.3 Å². The molecule has 0 saturated carbocycles. The van der Waals surface area contributed by atoms with Crippen LogP contribution in [0.15, 0.2) is 65.6 Å². The van der Waals surface area contributed by atoms with Crippen LogP contribution in [0, 0.1) is 5.82 Å². The number of rotatable bonds is 8. The first kappa shape index (κ1) is 22.6. The summed E-state index contributed by atoms with van der Waals surface area (Å²) in [6.07, 6.45) is -0.321. The zero-order valence-electron chi connectivity index (χ0n) is 16.6. The summed E-state index contributed by atoms with van der Waals surface area (Å²) in [6, 6.07) is 15.4. The third-order valence-electron chi connectivity index (χ3n) is 4.30. The lowest BCUT2D eigenvalue weighted by molar-refractivity contribution is -0.115. The molecular formula is C22H20FNO5S2. The first-order valence-corrected chi connectivity index (χ1v) is 11.9. The monoisotopic (exact) mass is 461 g/mol. The predicted octanol–water partition coefficient (Wildman–Crippen LogP) is 4.53. The number of thiophene rings is 1. The molecule has 0 aliphatic heterocycles. The molecule has 0 radical (unpaired) electrons. The molecule has 3 aromatic rings. The average molecular weight is 462 g/mol. The van der Waals surface area contributed by atoms with Crippen molar-refractivity contribution < 1.29 is 27.1 Å². The molecule has 0 atom stereocenters. The Hall–Kier alpha value is -3.04. The van der Waals surface area contributed by atoms with Crippen LogP contribution in [0.25, 0.3) is 10.4 Å². The van der Waals surface area contributed by atoms with Gasteiger partial charge in [0.15, 0.2) is 9.84 Å². The quantitative estimate of drug-likeness (QED) is 0.393. The average Bonchev–Trinajstić information content (AvgIpc) is 3.17. The summed E-state index contributed by atoms with van der Waals surface area (Å²) in [6.45, 7) is 1.86. The van der Waals surface area contributed by atoms with E-state index in [-0.39, 0.29) is 28.5 Å². The first-order chi connectivity index (χ1) is 14.8. The molecule has 0 aliphatic rings. The van der Waals surface area contributed by atoms with Crippen LogP contribution in [-0.4, -0.2) is 32.7 Å². The topological polar surface area (TPSA) is 89.5 Å². The molecule has 1 amide bonds. The molecule has 1 heterocycles. The zero-order valence-corrected chi connectivity index (χ0v) is 18.3.